The first-order valence-corrected chi connectivity index (χ1v) is 14.9. The van der Waals surface area contributed by atoms with E-state index in [0.29, 0.717) is 22.9 Å². The molecule has 4 N–H and O–H groups in total. The van der Waals surface area contributed by atoms with Gasteiger partial charge in [-0.2, -0.15) is 0 Å². The third-order valence-corrected chi connectivity index (χ3v) is 8.47. The Morgan fingerprint density at radius 1 is 1.09 bits per heavy atom. The van der Waals surface area contributed by atoms with Gasteiger partial charge in [0.05, 0.1) is 12.8 Å². The van der Waals surface area contributed by atoms with Crippen molar-refractivity contribution in [3.05, 3.63) is 108 Å². The molecule has 0 bridgehead atoms. The van der Waals surface area contributed by atoms with Gasteiger partial charge in [0.1, 0.15) is 17.3 Å². The van der Waals surface area contributed by atoms with Crippen LogP contribution in [0, 0.1) is 0 Å². The molecule has 0 aliphatic rings. The van der Waals surface area contributed by atoms with E-state index in [1.165, 1.54) is 0 Å². The highest BCUT2D eigenvalue weighted by atomic mass is 32.1. The standard InChI is InChI=1S/C34H32N6O2S/c1-40-28-11-4-3-8-23(28)18-29(40)34(41)39-27-13-12-22(19-30(27)42-2)26-21-43-32-24(20-38-33(35)31(26)32)9-7-15-36-17-14-25-10-5-6-16-37-25/h3-13,16,18-21,36H,14-15,17H2,1-2H3,(H2,35,38)(H,39,41). The first-order chi connectivity index (χ1) is 21.0. The molecule has 0 spiro atoms. The molecule has 4 heterocycles. The third kappa shape index (κ3) is 5.86. The Labute approximate surface area is 253 Å². The first-order valence-electron chi connectivity index (χ1n) is 14.0. The van der Waals surface area contributed by atoms with E-state index < -0.39 is 0 Å². The fourth-order valence-electron chi connectivity index (χ4n) is 5.21. The third-order valence-electron chi connectivity index (χ3n) is 7.44. The minimum atomic E-state index is -0.207. The smallest absolute Gasteiger partial charge is 0.272 e. The molecule has 1 amide bonds. The number of ether oxygens (including phenoxy) is 1. The number of aryl methyl sites for hydroxylation is 1. The zero-order chi connectivity index (χ0) is 29.8. The number of carbonyl (C=O) groups excluding carboxylic acids is 1. The number of rotatable bonds is 10. The number of para-hydroxylation sites is 1. The van der Waals surface area contributed by atoms with Crippen LogP contribution in [0.2, 0.25) is 0 Å². The molecular weight excluding hydrogens is 556 g/mol. The van der Waals surface area contributed by atoms with Gasteiger partial charge in [0.15, 0.2) is 0 Å². The van der Waals surface area contributed by atoms with Crippen molar-refractivity contribution in [2.75, 3.05) is 31.2 Å². The fraction of sp³-hybridized carbons (Fsp3) is 0.147. The molecule has 216 valence electrons. The lowest BCUT2D eigenvalue weighted by Crippen LogP contribution is -2.17. The average Bonchev–Trinajstić information content (AvgIpc) is 3.63. The number of benzene rings is 2. The summed E-state index contributed by atoms with van der Waals surface area (Å²) >= 11 is 1.63. The Balaban J connectivity index is 1.19. The molecule has 0 atom stereocenters. The normalized spacial score (nSPS) is 11.5. The van der Waals surface area contributed by atoms with E-state index in [1.807, 2.05) is 90.7 Å². The minimum Gasteiger partial charge on any atom is -0.495 e. The van der Waals surface area contributed by atoms with Gasteiger partial charge in [-0.3, -0.25) is 9.78 Å². The largest absolute Gasteiger partial charge is 0.495 e. The van der Waals surface area contributed by atoms with E-state index in [2.05, 4.69) is 38.1 Å². The van der Waals surface area contributed by atoms with Crippen molar-refractivity contribution in [1.29, 1.82) is 0 Å². The average molecular weight is 589 g/mol. The Hall–Kier alpha value is -4.99. The van der Waals surface area contributed by atoms with E-state index >= 15 is 0 Å². The van der Waals surface area contributed by atoms with E-state index in [9.17, 15) is 4.79 Å². The van der Waals surface area contributed by atoms with Gasteiger partial charge < -0.3 is 25.7 Å². The second kappa shape index (κ2) is 12.5. The van der Waals surface area contributed by atoms with Crippen LogP contribution < -0.4 is 21.1 Å². The van der Waals surface area contributed by atoms with Gasteiger partial charge in [-0.15, -0.1) is 11.3 Å². The zero-order valence-corrected chi connectivity index (χ0v) is 24.8. The number of hydrogen-bond donors (Lipinski definition) is 3. The maximum Gasteiger partial charge on any atom is 0.272 e. The maximum absolute atomic E-state index is 13.2. The SMILES string of the molecule is COc1cc(-c2csc3c(C=CCNCCc4ccccn4)cnc(N)c23)ccc1NC(=O)c1cc2ccccc2n1C. The highest BCUT2D eigenvalue weighted by molar-refractivity contribution is 7.18. The van der Waals surface area contributed by atoms with Crippen LogP contribution in [0.25, 0.3) is 38.2 Å². The molecule has 9 heteroatoms. The van der Waals surface area contributed by atoms with Crippen LogP contribution in [-0.4, -0.2) is 40.6 Å². The van der Waals surface area contributed by atoms with E-state index in [-0.39, 0.29) is 5.91 Å². The monoisotopic (exact) mass is 588 g/mol. The van der Waals surface area contributed by atoms with Crippen LogP contribution in [-0.2, 0) is 13.5 Å². The van der Waals surface area contributed by atoms with Crippen molar-refractivity contribution in [3.8, 4) is 16.9 Å². The number of anilines is 2. The van der Waals surface area contributed by atoms with Crippen LogP contribution in [0.15, 0.2) is 90.6 Å². The van der Waals surface area contributed by atoms with Crippen molar-refractivity contribution >= 4 is 55.8 Å². The van der Waals surface area contributed by atoms with Crippen molar-refractivity contribution in [2.24, 2.45) is 7.05 Å². The van der Waals surface area contributed by atoms with Crippen LogP contribution in [0.5, 0.6) is 5.75 Å². The Morgan fingerprint density at radius 3 is 2.77 bits per heavy atom. The molecule has 8 nitrogen and oxygen atoms in total. The number of nitrogens with zero attached hydrogens (tertiary/aromatic N) is 3. The molecule has 0 unspecified atom stereocenters. The number of nitrogens with one attached hydrogen (secondary N) is 2. The number of methoxy groups -OCH3 is 1. The summed E-state index contributed by atoms with van der Waals surface area (Å²) in [6.07, 6.45) is 8.69. The summed E-state index contributed by atoms with van der Waals surface area (Å²) in [5, 5.41) is 10.5. The maximum atomic E-state index is 13.2. The number of thiophene rings is 1. The molecule has 6 aromatic rings. The molecule has 43 heavy (non-hydrogen) atoms. The molecule has 4 aromatic heterocycles. The number of aromatic nitrogens is 3. The van der Waals surface area contributed by atoms with Gasteiger partial charge in [0.2, 0.25) is 0 Å². The fourth-order valence-corrected chi connectivity index (χ4v) is 6.29. The van der Waals surface area contributed by atoms with Crippen LogP contribution in [0.3, 0.4) is 0 Å². The van der Waals surface area contributed by atoms with Crippen molar-refractivity contribution < 1.29 is 9.53 Å². The molecule has 6 rings (SSSR count). The van der Waals surface area contributed by atoms with Gasteiger partial charge in [-0.1, -0.05) is 42.5 Å². The lowest BCUT2D eigenvalue weighted by molar-refractivity contribution is 0.101. The Kier molecular flexibility index (Phi) is 8.17. The van der Waals surface area contributed by atoms with Crippen LogP contribution in [0.1, 0.15) is 21.7 Å². The summed E-state index contributed by atoms with van der Waals surface area (Å²) in [6, 6.07) is 21.5. The topological polar surface area (TPSA) is 107 Å². The summed E-state index contributed by atoms with van der Waals surface area (Å²) in [5.74, 6) is 0.828. The van der Waals surface area contributed by atoms with Gasteiger partial charge >= 0.3 is 0 Å². The van der Waals surface area contributed by atoms with Crippen molar-refractivity contribution in [1.82, 2.24) is 19.9 Å². The molecular formula is C34H32N6O2S. The summed E-state index contributed by atoms with van der Waals surface area (Å²) in [4.78, 5) is 22.1. The quantitative estimate of drug-likeness (QED) is 0.157. The van der Waals surface area contributed by atoms with E-state index in [0.717, 1.165) is 62.9 Å². The number of nitrogens with two attached hydrogens (primary N) is 1. The highest BCUT2D eigenvalue weighted by Gasteiger charge is 2.18. The second-order valence-corrected chi connectivity index (χ2v) is 11.0. The Bertz CT molecular complexity index is 1940. The lowest BCUT2D eigenvalue weighted by Gasteiger charge is -2.13. The molecule has 0 saturated heterocycles. The highest BCUT2D eigenvalue weighted by Crippen LogP contribution is 2.41. The first kappa shape index (κ1) is 28.1. The van der Waals surface area contributed by atoms with Crippen molar-refractivity contribution in [3.63, 3.8) is 0 Å². The second-order valence-electron chi connectivity index (χ2n) is 10.1. The molecule has 0 radical (unpaired) electrons. The molecule has 0 saturated carbocycles. The van der Waals surface area contributed by atoms with Gasteiger partial charge in [0.25, 0.3) is 5.91 Å². The summed E-state index contributed by atoms with van der Waals surface area (Å²) < 4.78 is 8.66. The Morgan fingerprint density at radius 2 is 1.95 bits per heavy atom. The lowest BCUT2D eigenvalue weighted by atomic mass is 10.0. The minimum absolute atomic E-state index is 0.207. The van der Waals surface area contributed by atoms with Crippen molar-refractivity contribution in [2.45, 2.75) is 6.42 Å². The summed E-state index contributed by atoms with van der Waals surface area (Å²) in [5.41, 5.74) is 12.5. The number of nitrogen functional groups attached to an aromatic ring is 1. The van der Waals surface area contributed by atoms with Gasteiger partial charge in [0, 0.05) is 76.8 Å². The number of pyridine rings is 2. The van der Waals surface area contributed by atoms with Gasteiger partial charge in [-0.05, 0) is 47.3 Å². The predicted octanol–water partition coefficient (Wildman–Crippen LogP) is 6.54. The van der Waals surface area contributed by atoms with Crippen LogP contribution in [0.4, 0.5) is 11.5 Å². The zero-order valence-electron chi connectivity index (χ0n) is 24.0. The number of carbonyl (C=O) groups is 1. The number of fused-ring (bicyclic) bond motifs is 2. The van der Waals surface area contributed by atoms with E-state index in [1.54, 1.807) is 18.4 Å². The number of amides is 1. The van der Waals surface area contributed by atoms with E-state index in [4.69, 9.17) is 10.5 Å². The summed E-state index contributed by atoms with van der Waals surface area (Å²) in [7, 11) is 3.49. The predicted molar refractivity (Wildman–Crippen MR) is 177 cm³/mol. The van der Waals surface area contributed by atoms with Crippen LogP contribution >= 0.6 is 11.3 Å². The molecule has 0 fully saturated rings. The molecule has 0 aliphatic carbocycles. The molecule has 0 aliphatic heterocycles. The van der Waals surface area contributed by atoms with Gasteiger partial charge in [-0.25, -0.2) is 4.98 Å². The summed E-state index contributed by atoms with van der Waals surface area (Å²) in [6.45, 7) is 1.58. The number of hydrogen-bond acceptors (Lipinski definition) is 7. The molecule has 2 aromatic carbocycles.